The Morgan fingerprint density at radius 1 is 1.12 bits per heavy atom. The number of benzene rings is 2. The van der Waals surface area contributed by atoms with E-state index in [4.69, 9.17) is 9.47 Å². The summed E-state index contributed by atoms with van der Waals surface area (Å²) in [5, 5.41) is 2.54. The van der Waals surface area contributed by atoms with Gasteiger partial charge in [0.2, 0.25) is 5.91 Å². The van der Waals surface area contributed by atoms with Crippen molar-refractivity contribution in [2.75, 3.05) is 37.5 Å². The molecule has 2 aromatic rings. The molecule has 1 aliphatic rings. The van der Waals surface area contributed by atoms with E-state index in [0.717, 1.165) is 11.6 Å². The summed E-state index contributed by atoms with van der Waals surface area (Å²) >= 11 is 0. The average molecular weight is 448 g/mol. The number of anilines is 2. The van der Waals surface area contributed by atoms with E-state index < -0.39 is 17.6 Å². The number of hydrogen-bond donors (Lipinski definition) is 1. The van der Waals surface area contributed by atoms with Gasteiger partial charge in [0.15, 0.2) is 0 Å². The van der Waals surface area contributed by atoms with Gasteiger partial charge in [0.25, 0.3) is 0 Å². The number of rotatable bonds is 6. The molecule has 0 radical (unpaired) electrons. The van der Waals surface area contributed by atoms with E-state index in [1.54, 1.807) is 31.1 Å². The van der Waals surface area contributed by atoms with Gasteiger partial charge < -0.3 is 19.7 Å². The molecule has 8 heteroatoms. The van der Waals surface area contributed by atoms with E-state index in [1.165, 1.54) is 25.3 Å². The summed E-state index contributed by atoms with van der Waals surface area (Å²) in [6, 6.07) is 11.1. The van der Waals surface area contributed by atoms with Crippen molar-refractivity contribution in [2.24, 2.45) is 0 Å². The Morgan fingerprint density at radius 3 is 2.44 bits per heavy atom. The number of ether oxygens (including phenoxy) is 2. The van der Waals surface area contributed by atoms with Gasteiger partial charge in [-0.3, -0.25) is 4.79 Å². The Labute approximate surface area is 185 Å². The lowest BCUT2D eigenvalue weighted by atomic mass is 10.0. The number of carbonyl (C=O) groups excluding carboxylic acids is 1. The van der Waals surface area contributed by atoms with Crippen LogP contribution in [0.2, 0.25) is 0 Å². The molecule has 1 N–H and O–H groups in total. The zero-order valence-electron chi connectivity index (χ0n) is 18.3. The van der Waals surface area contributed by atoms with Gasteiger partial charge in [-0.2, -0.15) is 13.2 Å². The van der Waals surface area contributed by atoms with Gasteiger partial charge in [-0.1, -0.05) is 18.2 Å². The molecule has 0 aliphatic carbocycles. The monoisotopic (exact) mass is 448 g/mol. The molecule has 1 fully saturated rings. The zero-order chi connectivity index (χ0) is 23.3. The maximum Gasteiger partial charge on any atom is 0.418 e. The highest BCUT2D eigenvalue weighted by Gasteiger charge is 2.36. The molecule has 1 heterocycles. The minimum Gasteiger partial charge on any atom is -0.496 e. The lowest BCUT2D eigenvalue weighted by Gasteiger charge is -2.34. The number of para-hydroxylation sites is 1. The molecule has 0 saturated carbocycles. The number of allylic oxidation sites excluding steroid dienone is 1. The SMILES string of the molecule is COc1ccccc1C(C)=CC(=O)Nc1ccc(N2CCC(OC)CC2)c(C(F)(F)F)c1. The van der Waals surface area contributed by atoms with Crippen molar-refractivity contribution in [3.8, 4) is 5.75 Å². The van der Waals surface area contributed by atoms with E-state index in [0.29, 0.717) is 37.3 Å². The molecule has 2 aromatic carbocycles. The third-order valence-electron chi connectivity index (χ3n) is 5.56. The molecule has 0 atom stereocenters. The van der Waals surface area contributed by atoms with Crippen LogP contribution in [-0.4, -0.2) is 39.3 Å². The zero-order valence-corrected chi connectivity index (χ0v) is 18.3. The largest absolute Gasteiger partial charge is 0.496 e. The summed E-state index contributed by atoms with van der Waals surface area (Å²) in [4.78, 5) is 14.2. The van der Waals surface area contributed by atoms with Crippen molar-refractivity contribution in [3.63, 3.8) is 0 Å². The van der Waals surface area contributed by atoms with Crippen molar-refractivity contribution in [1.29, 1.82) is 0 Å². The Balaban J connectivity index is 1.80. The number of hydrogen-bond acceptors (Lipinski definition) is 4. The van der Waals surface area contributed by atoms with Crippen LogP contribution in [0, 0.1) is 0 Å². The molecule has 3 rings (SSSR count). The number of alkyl halides is 3. The maximum absolute atomic E-state index is 13.8. The van der Waals surface area contributed by atoms with Gasteiger partial charge in [0, 0.05) is 43.2 Å². The molecular formula is C24H27F3N2O3. The molecular weight excluding hydrogens is 421 g/mol. The third kappa shape index (κ3) is 5.62. The maximum atomic E-state index is 13.8. The third-order valence-corrected chi connectivity index (χ3v) is 5.56. The molecule has 5 nitrogen and oxygen atoms in total. The first-order valence-electron chi connectivity index (χ1n) is 10.3. The van der Waals surface area contributed by atoms with Crippen molar-refractivity contribution < 1.29 is 27.4 Å². The lowest BCUT2D eigenvalue weighted by molar-refractivity contribution is -0.137. The van der Waals surface area contributed by atoms with E-state index in [9.17, 15) is 18.0 Å². The van der Waals surface area contributed by atoms with Crippen LogP contribution in [0.15, 0.2) is 48.5 Å². The molecule has 1 saturated heterocycles. The molecule has 1 amide bonds. The Hall–Kier alpha value is -3.00. The number of methoxy groups -OCH3 is 2. The Morgan fingerprint density at radius 2 is 1.81 bits per heavy atom. The Kier molecular flexibility index (Phi) is 7.45. The number of nitrogens with one attached hydrogen (secondary N) is 1. The molecule has 0 spiro atoms. The molecule has 1 aliphatic heterocycles. The topological polar surface area (TPSA) is 50.8 Å². The predicted octanol–water partition coefficient (Wildman–Crippen LogP) is 5.37. The fourth-order valence-corrected chi connectivity index (χ4v) is 3.87. The predicted molar refractivity (Wildman–Crippen MR) is 119 cm³/mol. The lowest BCUT2D eigenvalue weighted by Crippen LogP contribution is -2.37. The first-order valence-corrected chi connectivity index (χ1v) is 10.3. The Bertz CT molecular complexity index is 981. The van der Waals surface area contributed by atoms with E-state index in [-0.39, 0.29) is 17.5 Å². The first kappa shape index (κ1) is 23.7. The summed E-state index contributed by atoms with van der Waals surface area (Å²) in [6.45, 7) is 2.70. The highest BCUT2D eigenvalue weighted by atomic mass is 19.4. The second kappa shape index (κ2) is 10.1. The molecule has 0 aromatic heterocycles. The van der Waals surface area contributed by atoms with Crippen molar-refractivity contribution in [2.45, 2.75) is 32.0 Å². The summed E-state index contributed by atoms with van der Waals surface area (Å²) in [7, 11) is 3.15. The number of halogens is 3. The quantitative estimate of drug-likeness (QED) is 0.604. The highest BCUT2D eigenvalue weighted by molar-refractivity contribution is 6.04. The van der Waals surface area contributed by atoms with Gasteiger partial charge in [-0.25, -0.2) is 0 Å². The number of amides is 1. The molecule has 32 heavy (non-hydrogen) atoms. The van der Waals surface area contributed by atoms with Crippen molar-refractivity contribution in [3.05, 3.63) is 59.7 Å². The number of piperidine rings is 1. The van der Waals surface area contributed by atoms with Crippen LogP contribution in [-0.2, 0) is 15.7 Å². The van der Waals surface area contributed by atoms with Crippen LogP contribution in [0.25, 0.3) is 5.57 Å². The summed E-state index contributed by atoms with van der Waals surface area (Å²) in [6.07, 6.45) is -1.80. The summed E-state index contributed by atoms with van der Waals surface area (Å²) in [5.74, 6) is 0.0881. The second-order valence-electron chi connectivity index (χ2n) is 7.67. The van der Waals surface area contributed by atoms with Crippen LogP contribution in [0.1, 0.15) is 30.9 Å². The van der Waals surface area contributed by atoms with E-state index >= 15 is 0 Å². The van der Waals surface area contributed by atoms with Crippen molar-refractivity contribution >= 4 is 22.9 Å². The standard InChI is InChI=1S/C24H27F3N2O3/c1-16(19-6-4-5-7-22(19)32-3)14-23(30)28-17-8-9-21(20(15-17)24(25,26)27)29-12-10-18(31-2)11-13-29/h4-9,14-15,18H,10-13H2,1-3H3,(H,28,30). The minimum absolute atomic E-state index is 0.0670. The second-order valence-corrected chi connectivity index (χ2v) is 7.67. The van der Waals surface area contributed by atoms with Gasteiger partial charge in [-0.15, -0.1) is 0 Å². The van der Waals surface area contributed by atoms with Crippen molar-refractivity contribution in [1.82, 2.24) is 0 Å². The normalized spacial score (nSPS) is 15.6. The van der Waals surface area contributed by atoms with Crippen LogP contribution < -0.4 is 15.0 Å². The fraction of sp³-hybridized carbons (Fsp3) is 0.375. The average Bonchev–Trinajstić information content (AvgIpc) is 2.78. The number of carbonyl (C=O) groups is 1. The molecule has 0 bridgehead atoms. The molecule has 0 unspecified atom stereocenters. The van der Waals surface area contributed by atoms with Gasteiger partial charge in [0.1, 0.15) is 5.75 Å². The minimum atomic E-state index is -4.54. The van der Waals surface area contributed by atoms with E-state index in [1.807, 2.05) is 12.1 Å². The highest BCUT2D eigenvalue weighted by Crippen LogP contribution is 2.39. The number of nitrogens with zero attached hydrogens (tertiary/aromatic N) is 1. The van der Waals surface area contributed by atoms with Crippen LogP contribution in [0.3, 0.4) is 0 Å². The van der Waals surface area contributed by atoms with Crippen LogP contribution in [0.4, 0.5) is 24.5 Å². The van der Waals surface area contributed by atoms with Crippen LogP contribution in [0.5, 0.6) is 5.75 Å². The smallest absolute Gasteiger partial charge is 0.418 e. The summed E-state index contributed by atoms with van der Waals surface area (Å²) in [5.41, 5.74) is 0.800. The van der Waals surface area contributed by atoms with Gasteiger partial charge in [-0.05, 0) is 49.6 Å². The van der Waals surface area contributed by atoms with Gasteiger partial charge in [0.05, 0.1) is 18.8 Å². The van der Waals surface area contributed by atoms with Gasteiger partial charge >= 0.3 is 6.18 Å². The first-order chi connectivity index (χ1) is 15.2. The summed E-state index contributed by atoms with van der Waals surface area (Å²) < 4.78 is 52.0. The van der Waals surface area contributed by atoms with E-state index in [2.05, 4.69) is 5.32 Å². The fourth-order valence-electron chi connectivity index (χ4n) is 3.87. The molecule has 172 valence electrons. The van der Waals surface area contributed by atoms with Crippen LogP contribution >= 0.6 is 0 Å².